The van der Waals surface area contributed by atoms with Crippen molar-refractivity contribution in [3.05, 3.63) is 22.8 Å². The number of oxime groups is 1. The van der Waals surface area contributed by atoms with Crippen LogP contribution < -0.4 is 11.1 Å². The number of β-lactam (4-membered cyclic amide) rings is 1. The fourth-order valence-electron chi connectivity index (χ4n) is 3.59. The molecule has 2 aliphatic heterocycles. The molecule has 1 saturated heterocycles. The molecule has 0 spiro atoms. The number of fused-ring (bicyclic) bond motifs is 1. The molecule has 0 bridgehead atoms. The van der Waals surface area contributed by atoms with Gasteiger partial charge in [0, 0.05) is 11.1 Å². The Kier molecular flexibility index (Phi) is 8.02. The second-order valence-corrected chi connectivity index (χ2v) is 10.8. The predicted molar refractivity (Wildman–Crippen MR) is 128 cm³/mol. The number of nitrogens with one attached hydrogen (secondary N) is 1. The number of amides is 2. The maximum Gasteiger partial charge on any atom is 0.355 e. The highest BCUT2D eigenvalue weighted by atomic mass is 32.2. The number of thiazole rings is 1. The van der Waals surface area contributed by atoms with Gasteiger partial charge in [-0.3, -0.25) is 19.3 Å². The van der Waals surface area contributed by atoms with Crippen molar-refractivity contribution in [2.45, 2.75) is 23.9 Å². The number of ether oxygens (including phenoxy) is 1. The molecule has 0 radical (unpaired) electrons. The zero-order chi connectivity index (χ0) is 25.9. The molecule has 2 aliphatic rings. The van der Waals surface area contributed by atoms with Gasteiger partial charge in [-0.1, -0.05) is 5.16 Å². The number of rotatable bonds is 10. The summed E-state index contributed by atoms with van der Waals surface area (Å²) >= 11 is 2.48. The monoisotopic (exact) mass is 527 g/mol. The Bertz CT molecular complexity index is 1080. The molecule has 3 heterocycles. The minimum atomic E-state index is -1.10. The van der Waals surface area contributed by atoms with Crippen molar-refractivity contribution in [3.63, 3.8) is 0 Å². The number of quaternary nitrogens is 1. The number of carbonyl (C=O) groups is 4. The number of aromatic nitrogens is 1. The molecule has 4 N–H and O–H groups in total. The van der Waals surface area contributed by atoms with Crippen LogP contribution >= 0.6 is 23.1 Å². The van der Waals surface area contributed by atoms with Crippen LogP contribution in [0.2, 0.25) is 0 Å². The van der Waals surface area contributed by atoms with E-state index in [1.807, 2.05) is 21.1 Å². The second kappa shape index (κ2) is 10.6. The molecule has 3 atom stereocenters. The average molecular weight is 528 g/mol. The molecule has 1 aromatic heterocycles. The Balaban J connectivity index is 1.69. The first-order valence-corrected chi connectivity index (χ1v) is 12.4. The van der Waals surface area contributed by atoms with Crippen LogP contribution in [0.15, 0.2) is 22.3 Å². The highest BCUT2D eigenvalue weighted by Gasteiger charge is 2.53. The first-order valence-electron chi connectivity index (χ1n) is 10.4. The summed E-state index contributed by atoms with van der Waals surface area (Å²) in [5.74, 6) is -2.67. The number of hydrogen-bond donors (Lipinski definition) is 3. The molecule has 0 aliphatic carbocycles. The summed E-state index contributed by atoms with van der Waals surface area (Å²) in [7, 11) is 6.82. The topological polar surface area (TPSA) is 174 Å². The maximum absolute atomic E-state index is 12.9. The van der Waals surface area contributed by atoms with Crippen molar-refractivity contribution in [2.24, 2.45) is 5.16 Å². The van der Waals surface area contributed by atoms with E-state index in [1.165, 1.54) is 29.2 Å². The van der Waals surface area contributed by atoms with Gasteiger partial charge in [0.1, 0.15) is 36.5 Å². The molecule has 0 saturated carbocycles. The second-order valence-electron chi connectivity index (χ2n) is 8.76. The zero-order valence-corrected chi connectivity index (χ0v) is 21.2. The molecule has 1 fully saturated rings. The third-order valence-corrected chi connectivity index (χ3v) is 6.79. The summed E-state index contributed by atoms with van der Waals surface area (Å²) in [6.07, 6.45) is 0.320. The molecule has 0 aromatic carbocycles. The van der Waals surface area contributed by atoms with Gasteiger partial charge in [0.05, 0.1) is 27.6 Å². The van der Waals surface area contributed by atoms with Crippen molar-refractivity contribution in [1.82, 2.24) is 15.2 Å². The van der Waals surface area contributed by atoms with Crippen LogP contribution in [0.4, 0.5) is 5.13 Å². The Morgan fingerprint density at radius 2 is 2.11 bits per heavy atom. The highest BCUT2D eigenvalue weighted by Crippen LogP contribution is 2.38. The first-order chi connectivity index (χ1) is 16.4. The van der Waals surface area contributed by atoms with Gasteiger partial charge in [0.25, 0.3) is 11.8 Å². The van der Waals surface area contributed by atoms with E-state index in [2.05, 4.69) is 15.5 Å². The van der Waals surface area contributed by atoms with E-state index in [1.54, 1.807) is 6.08 Å². The third-order valence-electron chi connectivity index (χ3n) is 4.93. The van der Waals surface area contributed by atoms with Crippen molar-refractivity contribution in [1.29, 1.82) is 0 Å². The summed E-state index contributed by atoms with van der Waals surface area (Å²) < 4.78 is 5.86. The van der Waals surface area contributed by atoms with E-state index in [9.17, 15) is 24.3 Å². The number of nitrogens with zero attached hydrogens (tertiary/aromatic N) is 4. The Labute approximate surface area is 209 Å². The number of likely N-dealkylation sites (N-methyl/N-ethyl adjacent to an activating group) is 1. The minimum absolute atomic E-state index is 0.0269. The summed E-state index contributed by atoms with van der Waals surface area (Å²) in [4.78, 5) is 59.9. The van der Waals surface area contributed by atoms with Crippen LogP contribution in [0.3, 0.4) is 0 Å². The first kappa shape index (κ1) is 26.4. The van der Waals surface area contributed by atoms with E-state index in [-0.39, 0.29) is 35.2 Å². The Hall–Kier alpha value is -3.17. The number of thioether (sulfide) groups is 1. The number of nitrogens with two attached hydrogens (primary N) is 1. The van der Waals surface area contributed by atoms with E-state index in [0.29, 0.717) is 10.2 Å². The van der Waals surface area contributed by atoms with Crippen molar-refractivity contribution >= 4 is 57.7 Å². The lowest BCUT2D eigenvalue weighted by Gasteiger charge is -2.48. The lowest BCUT2D eigenvalue weighted by molar-refractivity contribution is -0.873. The molecule has 15 heteroatoms. The van der Waals surface area contributed by atoms with Crippen LogP contribution in [0.25, 0.3) is 0 Å². The normalized spacial score (nSPS) is 20.8. The molecule has 35 heavy (non-hydrogen) atoms. The molecule has 13 nitrogen and oxygen atoms in total. The lowest BCUT2D eigenvalue weighted by atomic mass is 10.0. The zero-order valence-electron chi connectivity index (χ0n) is 19.6. The van der Waals surface area contributed by atoms with Crippen molar-refractivity contribution < 1.29 is 38.3 Å². The molecule has 190 valence electrons. The van der Waals surface area contributed by atoms with Gasteiger partial charge in [0.2, 0.25) is 0 Å². The lowest BCUT2D eigenvalue weighted by Crippen LogP contribution is -2.70. The smallest absolute Gasteiger partial charge is 0.355 e. The van der Waals surface area contributed by atoms with Gasteiger partial charge in [-0.05, 0) is 6.08 Å². The minimum Gasteiger partial charge on any atom is -0.481 e. The molecular formula is C20H27N6O7S2+. The predicted octanol–water partition coefficient (Wildman–Crippen LogP) is -0.548. The van der Waals surface area contributed by atoms with Crippen LogP contribution in [0, 0.1) is 0 Å². The van der Waals surface area contributed by atoms with Gasteiger partial charge >= 0.3 is 11.9 Å². The molecule has 2 amide bonds. The summed E-state index contributed by atoms with van der Waals surface area (Å²) in [5, 5.41) is 16.7. The standard InChI is InChI=1S/C20H26N6O7S2/c1-26(2,3)8-10(7-13(27)28)33-19(31)12-5-6-34-18-15(17(30)25(12)18)23-16(29)14(24-32-4)11-9-35-20(21)22-11/h5,9-10,15,18H,6-8H2,1-4H3,(H3-,21,22,23,27,28,29)/p+1/b24-14-/t10?,15-,18-/m1/s1. The SMILES string of the molecule is CO/N=C(\C(=O)N[C@@H]1C(=O)N2C(C(=O)OC(CC(=O)O)C[N+](C)(C)C)=CCS[C@H]12)c1csc(N)n1. The van der Waals surface area contributed by atoms with Gasteiger partial charge in [-0.25, -0.2) is 9.78 Å². The van der Waals surface area contributed by atoms with Crippen molar-refractivity contribution in [2.75, 3.05) is 46.3 Å². The van der Waals surface area contributed by atoms with E-state index in [0.717, 1.165) is 11.3 Å². The quantitative estimate of drug-likeness (QED) is 0.118. The van der Waals surface area contributed by atoms with E-state index in [4.69, 9.17) is 15.3 Å². The number of esters is 1. The maximum atomic E-state index is 12.9. The summed E-state index contributed by atoms with van der Waals surface area (Å²) in [6.45, 7) is 0.277. The largest absolute Gasteiger partial charge is 0.481 e. The van der Waals surface area contributed by atoms with E-state index >= 15 is 0 Å². The van der Waals surface area contributed by atoms with Gasteiger partial charge in [0.15, 0.2) is 16.9 Å². The number of carbonyl (C=O) groups excluding carboxylic acids is 3. The van der Waals surface area contributed by atoms with Gasteiger partial charge in [-0.15, -0.1) is 23.1 Å². The summed E-state index contributed by atoms with van der Waals surface area (Å²) in [6, 6.07) is -0.914. The fourth-order valence-corrected chi connectivity index (χ4v) is 5.33. The van der Waals surface area contributed by atoms with E-state index < -0.39 is 41.3 Å². The van der Waals surface area contributed by atoms with Crippen LogP contribution in [0.5, 0.6) is 0 Å². The fraction of sp³-hybridized carbons (Fsp3) is 0.500. The number of hydrogen-bond acceptors (Lipinski definition) is 11. The highest BCUT2D eigenvalue weighted by molar-refractivity contribution is 8.00. The number of carboxylic acid groups (broad SMARTS) is 1. The van der Waals surface area contributed by atoms with Gasteiger partial charge < -0.3 is 30.2 Å². The van der Waals surface area contributed by atoms with Gasteiger partial charge in [-0.2, -0.15) is 0 Å². The Morgan fingerprint density at radius 1 is 1.40 bits per heavy atom. The third kappa shape index (κ3) is 6.29. The van der Waals surface area contributed by atoms with Crippen LogP contribution in [-0.4, -0.2) is 107 Å². The van der Waals surface area contributed by atoms with Crippen molar-refractivity contribution in [3.8, 4) is 0 Å². The number of aliphatic carboxylic acids is 1. The molecule has 1 unspecified atom stereocenters. The summed E-state index contributed by atoms with van der Waals surface area (Å²) in [5.41, 5.74) is 5.73. The Morgan fingerprint density at radius 3 is 2.69 bits per heavy atom. The molecule has 1 aromatic rings. The number of anilines is 1. The average Bonchev–Trinajstić information content (AvgIpc) is 3.18. The molecule has 3 rings (SSSR count). The van der Waals surface area contributed by atoms with Crippen LogP contribution in [-0.2, 0) is 28.8 Å². The molecular weight excluding hydrogens is 500 g/mol. The number of nitrogen functional groups attached to an aromatic ring is 1. The number of carboxylic acids is 1. The van der Waals surface area contributed by atoms with Crippen LogP contribution in [0.1, 0.15) is 12.1 Å².